The average Bonchev–Trinajstić information content (AvgIpc) is 2.79. The van der Waals surface area contributed by atoms with Gasteiger partial charge in [-0.25, -0.2) is 0 Å². The van der Waals surface area contributed by atoms with E-state index in [4.69, 9.17) is 0 Å². The van der Waals surface area contributed by atoms with Crippen molar-refractivity contribution >= 4 is 5.91 Å². The van der Waals surface area contributed by atoms with Gasteiger partial charge in [-0.3, -0.25) is 9.48 Å². The lowest BCUT2D eigenvalue weighted by atomic mass is 10.0. The molecule has 0 spiro atoms. The fourth-order valence-electron chi connectivity index (χ4n) is 1.31. The van der Waals surface area contributed by atoms with E-state index in [2.05, 4.69) is 5.10 Å². The standard InChI is InChI=1S/C11H19N3O2/c1-9(14-7-5-6-12-14)10(16)13(4)11(2,3)8-15/h5-7,9,15H,8H2,1-4H3. The Bertz CT molecular complexity index is 346. The maximum Gasteiger partial charge on any atom is 0.247 e. The highest BCUT2D eigenvalue weighted by Crippen LogP contribution is 2.16. The van der Waals surface area contributed by atoms with Crippen LogP contribution in [0.3, 0.4) is 0 Å². The third-order valence-electron chi connectivity index (χ3n) is 2.90. The van der Waals surface area contributed by atoms with Crippen LogP contribution >= 0.6 is 0 Å². The minimum absolute atomic E-state index is 0.0669. The molecule has 0 saturated carbocycles. The van der Waals surface area contributed by atoms with E-state index in [0.29, 0.717) is 0 Å². The number of aliphatic hydroxyl groups excluding tert-OH is 1. The lowest BCUT2D eigenvalue weighted by Gasteiger charge is -2.35. The van der Waals surface area contributed by atoms with E-state index in [1.807, 2.05) is 13.8 Å². The first-order chi connectivity index (χ1) is 7.40. The van der Waals surface area contributed by atoms with Gasteiger partial charge in [0.05, 0.1) is 12.1 Å². The Kier molecular flexibility index (Phi) is 3.70. The first-order valence-corrected chi connectivity index (χ1v) is 5.28. The van der Waals surface area contributed by atoms with Crippen molar-refractivity contribution in [2.75, 3.05) is 13.7 Å². The number of amides is 1. The molecule has 0 aromatic carbocycles. The number of carbonyl (C=O) groups excluding carboxylic acids is 1. The number of aromatic nitrogens is 2. The smallest absolute Gasteiger partial charge is 0.247 e. The van der Waals surface area contributed by atoms with Crippen LogP contribution in [0.1, 0.15) is 26.8 Å². The Morgan fingerprint density at radius 3 is 2.69 bits per heavy atom. The van der Waals surface area contributed by atoms with Gasteiger partial charge in [0.1, 0.15) is 6.04 Å². The van der Waals surface area contributed by atoms with Crippen molar-refractivity contribution in [1.29, 1.82) is 0 Å². The summed E-state index contributed by atoms with van der Waals surface area (Å²) >= 11 is 0. The number of likely N-dealkylation sites (N-methyl/N-ethyl adjacent to an activating group) is 1. The highest BCUT2D eigenvalue weighted by Gasteiger charge is 2.30. The highest BCUT2D eigenvalue weighted by atomic mass is 16.3. The minimum atomic E-state index is -0.557. The van der Waals surface area contributed by atoms with Crippen molar-refractivity contribution in [3.63, 3.8) is 0 Å². The van der Waals surface area contributed by atoms with Gasteiger partial charge in [-0.1, -0.05) is 0 Å². The zero-order chi connectivity index (χ0) is 12.3. The third kappa shape index (κ3) is 2.41. The summed E-state index contributed by atoms with van der Waals surface area (Å²) in [5, 5.41) is 13.2. The predicted molar refractivity (Wildman–Crippen MR) is 60.9 cm³/mol. The van der Waals surface area contributed by atoms with E-state index in [9.17, 15) is 9.90 Å². The van der Waals surface area contributed by atoms with Crippen molar-refractivity contribution in [3.05, 3.63) is 18.5 Å². The molecule has 16 heavy (non-hydrogen) atoms. The van der Waals surface area contributed by atoms with Gasteiger partial charge in [0.25, 0.3) is 0 Å². The Labute approximate surface area is 95.7 Å². The molecule has 0 bridgehead atoms. The number of aliphatic hydroxyl groups is 1. The molecule has 5 heteroatoms. The Hall–Kier alpha value is -1.36. The Morgan fingerprint density at radius 2 is 2.25 bits per heavy atom. The average molecular weight is 225 g/mol. The molecule has 0 aliphatic carbocycles. The second-order valence-corrected chi connectivity index (χ2v) is 4.53. The van der Waals surface area contributed by atoms with Gasteiger partial charge in [-0.15, -0.1) is 0 Å². The number of carbonyl (C=O) groups is 1. The molecular formula is C11H19N3O2. The zero-order valence-corrected chi connectivity index (χ0v) is 10.2. The van der Waals surface area contributed by atoms with Crippen LogP contribution in [-0.4, -0.2) is 44.9 Å². The Balaban J connectivity index is 2.79. The summed E-state index contributed by atoms with van der Waals surface area (Å²) in [6.07, 6.45) is 3.39. The van der Waals surface area contributed by atoms with Crippen LogP contribution in [0.15, 0.2) is 18.5 Å². The molecule has 1 amide bonds. The number of rotatable bonds is 4. The molecular weight excluding hydrogens is 206 g/mol. The summed E-state index contributed by atoms with van der Waals surface area (Å²) < 4.78 is 1.60. The van der Waals surface area contributed by atoms with Gasteiger partial charge in [-0.2, -0.15) is 5.10 Å². The van der Waals surface area contributed by atoms with Crippen molar-refractivity contribution in [3.8, 4) is 0 Å². The highest BCUT2D eigenvalue weighted by molar-refractivity contribution is 5.80. The van der Waals surface area contributed by atoms with Crippen LogP contribution in [0.25, 0.3) is 0 Å². The van der Waals surface area contributed by atoms with Crippen molar-refractivity contribution < 1.29 is 9.90 Å². The maximum absolute atomic E-state index is 12.1. The normalized spacial score (nSPS) is 13.6. The van der Waals surface area contributed by atoms with E-state index >= 15 is 0 Å². The van der Waals surface area contributed by atoms with Crippen molar-refractivity contribution in [1.82, 2.24) is 14.7 Å². The first kappa shape index (κ1) is 12.7. The summed E-state index contributed by atoms with van der Waals surface area (Å²) in [6, 6.07) is 1.42. The zero-order valence-electron chi connectivity index (χ0n) is 10.2. The molecule has 0 aliphatic heterocycles. The van der Waals surface area contributed by atoms with E-state index in [-0.39, 0.29) is 18.6 Å². The molecule has 1 N–H and O–H groups in total. The van der Waals surface area contributed by atoms with Crippen LogP contribution in [-0.2, 0) is 4.79 Å². The quantitative estimate of drug-likeness (QED) is 0.819. The largest absolute Gasteiger partial charge is 0.394 e. The minimum Gasteiger partial charge on any atom is -0.394 e. The molecule has 1 heterocycles. The van der Waals surface area contributed by atoms with Crippen molar-refractivity contribution in [2.24, 2.45) is 0 Å². The monoisotopic (exact) mass is 225 g/mol. The number of hydrogen-bond donors (Lipinski definition) is 1. The summed E-state index contributed by atoms with van der Waals surface area (Å²) in [4.78, 5) is 13.7. The molecule has 1 rings (SSSR count). The fraction of sp³-hybridized carbons (Fsp3) is 0.636. The van der Waals surface area contributed by atoms with Gasteiger partial charge in [-0.05, 0) is 26.8 Å². The SMILES string of the molecule is CC(C(=O)N(C)C(C)(C)CO)n1cccn1. The van der Waals surface area contributed by atoms with Gasteiger partial charge in [0.15, 0.2) is 0 Å². The molecule has 0 radical (unpaired) electrons. The third-order valence-corrected chi connectivity index (χ3v) is 2.90. The molecule has 90 valence electrons. The molecule has 1 atom stereocenters. The molecule has 5 nitrogen and oxygen atoms in total. The maximum atomic E-state index is 12.1. The first-order valence-electron chi connectivity index (χ1n) is 5.28. The summed E-state index contributed by atoms with van der Waals surface area (Å²) in [6.45, 7) is 5.36. The lowest BCUT2D eigenvalue weighted by molar-refractivity contribution is -0.139. The number of nitrogens with zero attached hydrogens (tertiary/aromatic N) is 3. The van der Waals surface area contributed by atoms with Crippen LogP contribution in [0, 0.1) is 0 Å². The van der Waals surface area contributed by atoms with Crippen LogP contribution in [0.5, 0.6) is 0 Å². The van der Waals surface area contributed by atoms with Crippen LogP contribution in [0.2, 0.25) is 0 Å². The predicted octanol–water partition coefficient (Wildman–Crippen LogP) is 0.673. The summed E-state index contributed by atoms with van der Waals surface area (Å²) in [5.74, 6) is -0.0669. The van der Waals surface area contributed by atoms with E-state index < -0.39 is 5.54 Å². The molecule has 0 fully saturated rings. The van der Waals surface area contributed by atoms with Crippen LogP contribution < -0.4 is 0 Å². The molecule has 0 aliphatic rings. The second-order valence-electron chi connectivity index (χ2n) is 4.53. The molecule has 0 saturated heterocycles. The summed E-state index contributed by atoms with van der Waals surface area (Å²) in [7, 11) is 1.69. The van der Waals surface area contributed by atoms with E-state index in [1.54, 1.807) is 42.0 Å². The van der Waals surface area contributed by atoms with Gasteiger partial charge >= 0.3 is 0 Å². The van der Waals surface area contributed by atoms with E-state index in [0.717, 1.165) is 0 Å². The van der Waals surface area contributed by atoms with Crippen molar-refractivity contribution in [2.45, 2.75) is 32.4 Å². The van der Waals surface area contributed by atoms with Gasteiger partial charge in [0.2, 0.25) is 5.91 Å². The fourth-order valence-corrected chi connectivity index (χ4v) is 1.31. The molecule has 1 aromatic rings. The molecule has 1 aromatic heterocycles. The topological polar surface area (TPSA) is 58.4 Å². The Morgan fingerprint density at radius 1 is 1.62 bits per heavy atom. The van der Waals surface area contributed by atoms with Gasteiger partial charge < -0.3 is 10.0 Å². The second kappa shape index (κ2) is 4.65. The lowest BCUT2D eigenvalue weighted by Crippen LogP contribution is -2.49. The van der Waals surface area contributed by atoms with Crippen LogP contribution in [0.4, 0.5) is 0 Å². The number of hydrogen-bond acceptors (Lipinski definition) is 3. The van der Waals surface area contributed by atoms with E-state index in [1.165, 1.54) is 0 Å². The summed E-state index contributed by atoms with van der Waals surface area (Å²) in [5.41, 5.74) is -0.557. The molecule has 1 unspecified atom stereocenters. The van der Waals surface area contributed by atoms with Gasteiger partial charge in [0, 0.05) is 19.4 Å².